The molecule has 1 aromatic carbocycles. The van der Waals surface area contributed by atoms with E-state index in [1.807, 2.05) is 0 Å². The highest BCUT2D eigenvalue weighted by atomic mass is 14.9. The van der Waals surface area contributed by atoms with Crippen LogP contribution >= 0.6 is 0 Å². The van der Waals surface area contributed by atoms with Crippen LogP contribution in [-0.2, 0) is 0 Å². The molecule has 19 heavy (non-hydrogen) atoms. The number of hydrogen-bond donors (Lipinski definition) is 1. The molecule has 0 aliphatic rings. The maximum Gasteiger partial charge on any atom is 0.0412 e. The summed E-state index contributed by atoms with van der Waals surface area (Å²) in [7, 11) is 0. The molecule has 108 valence electrons. The first-order chi connectivity index (χ1) is 8.73. The van der Waals surface area contributed by atoms with Gasteiger partial charge in [0.05, 0.1) is 0 Å². The van der Waals surface area contributed by atoms with Gasteiger partial charge in [0, 0.05) is 11.7 Å². The van der Waals surface area contributed by atoms with E-state index in [0.717, 1.165) is 0 Å². The van der Waals surface area contributed by atoms with E-state index in [9.17, 15) is 0 Å². The average Bonchev–Trinajstić information content (AvgIpc) is 2.27. The molecule has 0 aromatic heterocycles. The molecule has 0 fully saturated rings. The summed E-state index contributed by atoms with van der Waals surface area (Å²) in [5.74, 6) is 1.69. The van der Waals surface area contributed by atoms with Gasteiger partial charge in [-0.15, -0.1) is 0 Å². The van der Waals surface area contributed by atoms with Crippen LogP contribution in [0, 0.1) is 0 Å². The molecule has 0 radical (unpaired) electrons. The summed E-state index contributed by atoms with van der Waals surface area (Å²) in [4.78, 5) is 0. The molecule has 0 saturated carbocycles. The molecule has 1 aromatic rings. The van der Waals surface area contributed by atoms with Gasteiger partial charge in [-0.05, 0) is 48.3 Å². The van der Waals surface area contributed by atoms with Crippen LogP contribution in [0.3, 0.4) is 0 Å². The quantitative estimate of drug-likeness (QED) is 0.698. The SMILES string of the molecule is CC(C)Nc1c(C(C)C)cc(C(C)C)cc1C(C)C. The number of anilines is 1. The summed E-state index contributed by atoms with van der Waals surface area (Å²) >= 11 is 0. The second-order valence-corrected chi connectivity index (χ2v) is 6.84. The number of hydrogen-bond acceptors (Lipinski definition) is 1. The lowest BCUT2D eigenvalue weighted by molar-refractivity contribution is 0.794. The van der Waals surface area contributed by atoms with Gasteiger partial charge in [-0.25, -0.2) is 0 Å². The minimum absolute atomic E-state index is 0.472. The third kappa shape index (κ3) is 3.99. The van der Waals surface area contributed by atoms with Gasteiger partial charge in [0.15, 0.2) is 0 Å². The first kappa shape index (κ1) is 16.1. The average molecular weight is 261 g/mol. The highest BCUT2D eigenvalue weighted by Gasteiger charge is 2.17. The zero-order valence-electron chi connectivity index (χ0n) is 14.0. The first-order valence-electron chi connectivity index (χ1n) is 7.68. The summed E-state index contributed by atoms with van der Waals surface area (Å²) in [5.41, 5.74) is 5.75. The molecule has 0 amide bonds. The van der Waals surface area contributed by atoms with Crippen LogP contribution < -0.4 is 5.32 Å². The zero-order chi connectivity index (χ0) is 14.7. The summed E-state index contributed by atoms with van der Waals surface area (Å²) in [6.45, 7) is 18.1. The van der Waals surface area contributed by atoms with Crippen molar-refractivity contribution in [2.75, 3.05) is 5.32 Å². The molecule has 0 heterocycles. The lowest BCUT2D eigenvalue weighted by atomic mass is 9.87. The molecule has 1 nitrogen and oxygen atoms in total. The normalized spacial score (nSPS) is 12.0. The molecule has 0 aliphatic heterocycles. The maximum absolute atomic E-state index is 3.67. The Morgan fingerprint density at radius 2 is 1.11 bits per heavy atom. The molecule has 0 spiro atoms. The van der Waals surface area contributed by atoms with Crippen molar-refractivity contribution in [3.8, 4) is 0 Å². The summed E-state index contributed by atoms with van der Waals surface area (Å²) < 4.78 is 0. The highest BCUT2D eigenvalue weighted by molar-refractivity contribution is 5.62. The minimum Gasteiger partial charge on any atom is -0.382 e. The fourth-order valence-electron chi connectivity index (χ4n) is 2.41. The summed E-state index contributed by atoms with van der Waals surface area (Å²) in [6.07, 6.45) is 0. The highest BCUT2D eigenvalue weighted by Crippen LogP contribution is 2.36. The van der Waals surface area contributed by atoms with Gasteiger partial charge < -0.3 is 5.32 Å². The van der Waals surface area contributed by atoms with Crippen LogP contribution in [0.15, 0.2) is 12.1 Å². The fourth-order valence-corrected chi connectivity index (χ4v) is 2.41. The lowest BCUT2D eigenvalue weighted by Crippen LogP contribution is -2.15. The summed E-state index contributed by atoms with van der Waals surface area (Å²) in [5, 5.41) is 3.67. The zero-order valence-corrected chi connectivity index (χ0v) is 14.0. The molecule has 0 aliphatic carbocycles. The van der Waals surface area contributed by atoms with Gasteiger partial charge in [-0.1, -0.05) is 53.7 Å². The standard InChI is InChI=1S/C18H31N/c1-11(2)15-9-16(12(3)4)18(19-14(7)8)17(10-15)13(5)6/h9-14,19H,1-8H3. The van der Waals surface area contributed by atoms with Crippen LogP contribution in [0.2, 0.25) is 0 Å². The van der Waals surface area contributed by atoms with Gasteiger partial charge >= 0.3 is 0 Å². The largest absolute Gasteiger partial charge is 0.382 e. The first-order valence-corrected chi connectivity index (χ1v) is 7.68. The van der Waals surface area contributed by atoms with Gasteiger partial charge in [0.25, 0.3) is 0 Å². The summed E-state index contributed by atoms with van der Waals surface area (Å²) in [6, 6.07) is 5.26. The van der Waals surface area contributed by atoms with Crippen molar-refractivity contribution >= 4 is 5.69 Å². The topological polar surface area (TPSA) is 12.0 Å². The van der Waals surface area contributed by atoms with E-state index in [-0.39, 0.29) is 0 Å². The molecule has 0 bridgehead atoms. The Balaban J connectivity index is 3.46. The number of benzene rings is 1. The van der Waals surface area contributed by atoms with Crippen molar-refractivity contribution in [2.24, 2.45) is 0 Å². The Labute approximate surface area is 119 Å². The predicted molar refractivity (Wildman–Crippen MR) is 87.5 cm³/mol. The van der Waals surface area contributed by atoms with Gasteiger partial charge in [0.2, 0.25) is 0 Å². The van der Waals surface area contributed by atoms with Crippen molar-refractivity contribution in [2.45, 2.75) is 79.2 Å². The van der Waals surface area contributed by atoms with Crippen molar-refractivity contribution in [3.63, 3.8) is 0 Å². The van der Waals surface area contributed by atoms with Gasteiger partial charge in [0.1, 0.15) is 0 Å². The Morgan fingerprint density at radius 3 is 1.37 bits per heavy atom. The Bertz CT molecular complexity index is 385. The molecular weight excluding hydrogens is 230 g/mol. The van der Waals surface area contributed by atoms with E-state index in [0.29, 0.717) is 23.8 Å². The number of nitrogens with one attached hydrogen (secondary N) is 1. The van der Waals surface area contributed by atoms with Gasteiger partial charge in [-0.2, -0.15) is 0 Å². The van der Waals surface area contributed by atoms with Crippen LogP contribution in [0.5, 0.6) is 0 Å². The Morgan fingerprint density at radius 1 is 0.684 bits per heavy atom. The molecule has 0 unspecified atom stereocenters. The predicted octanol–water partition coefficient (Wildman–Crippen LogP) is 5.88. The van der Waals surface area contributed by atoms with Crippen LogP contribution in [0.25, 0.3) is 0 Å². The molecule has 1 heteroatoms. The smallest absolute Gasteiger partial charge is 0.0412 e. The molecule has 1 N–H and O–H groups in total. The molecule has 1 rings (SSSR count). The van der Waals surface area contributed by atoms with Crippen LogP contribution in [-0.4, -0.2) is 6.04 Å². The minimum atomic E-state index is 0.472. The molecule has 0 atom stereocenters. The van der Waals surface area contributed by atoms with E-state index in [1.165, 1.54) is 22.4 Å². The third-order valence-electron chi connectivity index (χ3n) is 3.57. The van der Waals surface area contributed by atoms with Crippen molar-refractivity contribution in [1.82, 2.24) is 0 Å². The van der Waals surface area contributed by atoms with Crippen LogP contribution in [0.4, 0.5) is 5.69 Å². The van der Waals surface area contributed by atoms with E-state index < -0.39 is 0 Å². The van der Waals surface area contributed by atoms with Crippen molar-refractivity contribution in [1.29, 1.82) is 0 Å². The van der Waals surface area contributed by atoms with Crippen molar-refractivity contribution in [3.05, 3.63) is 28.8 Å². The molecule has 0 saturated heterocycles. The third-order valence-corrected chi connectivity index (χ3v) is 3.57. The van der Waals surface area contributed by atoms with E-state index in [4.69, 9.17) is 0 Å². The van der Waals surface area contributed by atoms with Crippen molar-refractivity contribution < 1.29 is 0 Å². The fraction of sp³-hybridized carbons (Fsp3) is 0.667. The maximum atomic E-state index is 3.67. The molecular formula is C18H31N. The lowest BCUT2D eigenvalue weighted by Gasteiger charge is -2.25. The second kappa shape index (κ2) is 6.45. The number of rotatable bonds is 5. The second-order valence-electron chi connectivity index (χ2n) is 6.84. The van der Waals surface area contributed by atoms with E-state index in [2.05, 4.69) is 72.8 Å². The van der Waals surface area contributed by atoms with E-state index >= 15 is 0 Å². The Hall–Kier alpha value is -0.980. The Kier molecular flexibility index (Phi) is 5.46. The van der Waals surface area contributed by atoms with Crippen LogP contribution in [0.1, 0.15) is 89.8 Å². The van der Waals surface area contributed by atoms with Gasteiger partial charge in [-0.3, -0.25) is 0 Å². The van der Waals surface area contributed by atoms with E-state index in [1.54, 1.807) is 0 Å². The monoisotopic (exact) mass is 261 g/mol.